The van der Waals surface area contributed by atoms with E-state index in [1.807, 2.05) is 78.2 Å². The predicted octanol–water partition coefficient (Wildman–Crippen LogP) is 5.11. The molecule has 8 heteroatoms. The van der Waals surface area contributed by atoms with Crippen LogP contribution in [0.1, 0.15) is 25.0 Å². The third-order valence-electron chi connectivity index (χ3n) is 6.49. The van der Waals surface area contributed by atoms with Crippen molar-refractivity contribution in [2.45, 2.75) is 31.1 Å². The molecule has 1 N–H and O–H groups in total. The number of piperidine rings is 1. The average molecular weight is 506 g/mol. The van der Waals surface area contributed by atoms with Crippen molar-refractivity contribution in [2.24, 2.45) is 5.92 Å². The number of pyridine rings is 1. The van der Waals surface area contributed by atoms with Crippen molar-refractivity contribution >= 4 is 39.9 Å². The van der Waals surface area contributed by atoms with E-state index in [-0.39, 0.29) is 22.6 Å². The minimum Gasteiger partial charge on any atom is -0.457 e. The Morgan fingerprint density at radius 3 is 2.51 bits per heavy atom. The van der Waals surface area contributed by atoms with Crippen LogP contribution in [0.3, 0.4) is 0 Å². The fraction of sp³-hybridized carbons (Fsp3) is 0.296. The highest BCUT2D eigenvalue weighted by atomic mass is 32.2. The zero-order valence-corrected chi connectivity index (χ0v) is 21.1. The number of carbonyl (C=O) groups excluding carboxylic acids is 1. The molecule has 3 unspecified atom stereocenters. The van der Waals surface area contributed by atoms with Crippen molar-refractivity contribution in [1.82, 2.24) is 9.47 Å². The maximum atomic E-state index is 12.8. The van der Waals surface area contributed by atoms with Gasteiger partial charge in [-0.05, 0) is 61.7 Å². The summed E-state index contributed by atoms with van der Waals surface area (Å²) in [6.45, 7) is 4.21. The van der Waals surface area contributed by atoms with Crippen LogP contribution in [0.25, 0.3) is 0 Å². The van der Waals surface area contributed by atoms with Crippen LogP contribution in [0.4, 0.5) is 5.69 Å². The molecule has 2 bridgehead atoms. The number of rotatable bonds is 5. The number of ether oxygens (including phenoxy) is 1. The van der Waals surface area contributed by atoms with Crippen LogP contribution < -0.4 is 15.6 Å². The maximum Gasteiger partial charge on any atom is 0.250 e. The SMILES string of the molecule is CC(SC(=S)N1CC2CC(C1)c1cccc(=O)n1C2)C(=O)Nc1ccc(Oc2ccccc2)cc1. The minimum atomic E-state index is -0.334. The summed E-state index contributed by atoms with van der Waals surface area (Å²) < 4.78 is 8.46. The van der Waals surface area contributed by atoms with E-state index >= 15 is 0 Å². The summed E-state index contributed by atoms with van der Waals surface area (Å²) in [7, 11) is 0. The number of nitrogens with one attached hydrogen (secondary N) is 1. The predicted molar refractivity (Wildman–Crippen MR) is 144 cm³/mol. The summed E-state index contributed by atoms with van der Waals surface area (Å²) in [5.74, 6) is 2.05. The van der Waals surface area contributed by atoms with Crippen molar-refractivity contribution in [3.63, 3.8) is 0 Å². The number of fused-ring (bicyclic) bond motifs is 4. The van der Waals surface area contributed by atoms with Gasteiger partial charge in [0.25, 0.3) is 5.56 Å². The van der Waals surface area contributed by atoms with E-state index in [1.165, 1.54) is 11.8 Å². The van der Waals surface area contributed by atoms with Gasteiger partial charge in [-0.2, -0.15) is 0 Å². The highest BCUT2D eigenvalue weighted by Crippen LogP contribution is 2.36. The molecule has 180 valence electrons. The Kier molecular flexibility index (Phi) is 6.92. The number of hydrogen-bond donors (Lipinski definition) is 1. The smallest absolute Gasteiger partial charge is 0.250 e. The summed E-state index contributed by atoms with van der Waals surface area (Å²) in [6, 6.07) is 22.4. The summed E-state index contributed by atoms with van der Waals surface area (Å²) in [5.41, 5.74) is 1.88. The van der Waals surface area contributed by atoms with Crippen LogP contribution in [-0.2, 0) is 11.3 Å². The number of nitrogens with zero attached hydrogens (tertiary/aromatic N) is 2. The number of aromatic nitrogens is 1. The monoisotopic (exact) mass is 505 g/mol. The van der Waals surface area contributed by atoms with Gasteiger partial charge in [0.05, 0.1) is 5.25 Å². The number of anilines is 1. The van der Waals surface area contributed by atoms with E-state index in [2.05, 4.69) is 10.2 Å². The van der Waals surface area contributed by atoms with Gasteiger partial charge in [0, 0.05) is 43.0 Å². The molecule has 2 aliphatic heterocycles. The topological polar surface area (TPSA) is 63.6 Å². The molecule has 5 rings (SSSR count). The summed E-state index contributed by atoms with van der Waals surface area (Å²) >= 11 is 7.15. The number of hydrogen-bond acceptors (Lipinski definition) is 5. The molecule has 3 atom stereocenters. The molecule has 0 radical (unpaired) electrons. The first-order valence-corrected chi connectivity index (χ1v) is 13.0. The van der Waals surface area contributed by atoms with Gasteiger partial charge in [-0.15, -0.1) is 0 Å². The third-order valence-corrected chi connectivity index (χ3v) is 8.06. The molecule has 35 heavy (non-hydrogen) atoms. The number of amides is 1. The number of thiocarbonyl (C=S) groups is 1. The first kappa shape index (κ1) is 23.6. The Bertz CT molecular complexity index is 1280. The van der Waals surface area contributed by atoms with Crippen LogP contribution in [0.15, 0.2) is 77.6 Å². The Balaban J connectivity index is 1.16. The Morgan fingerprint density at radius 1 is 1.00 bits per heavy atom. The van der Waals surface area contributed by atoms with Crippen molar-refractivity contribution in [2.75, 3.05) is 18.4 Å². The second kappa shape index (κ2) is 10.3. The highest BCUT2D eigenvalue weighted by molar-refractivity contribution is 8.23. The normalized spacial score (nSPS) is 19.4. The molecule has 1 amide bonds. The number of carbonyl (C=O) groups is 1. The van der Waals surface area contributed by atoms with Crippen molar-refractivity contribution in [3.8, 4) is 11.5 Å². The highest BCUT2D eigenvalue weighted by Gasteiger charge is 2.35. The maximum absolute atomic E-state index is 12.8. The third kappa shape index (κ3) is 5.44. The number of para-hydroxylation sites is 1. The molecule has 2 aromatic carbocycles. The zero-order chi connectivity index (χ0) is 24.4. The van der Waals surface area contributed by atoms with Crippen LogP contribution >= 0.6 is 24.0 Å². The molecular weight excluding hydrogens is 478 g/mol. The van der Waals surface area contributed by atoms with Gasteiger partial charge in [-0.3, -0.25) is 9.59 Å². The standard InChI is InChI=1S/C27H27N3O3S2/c1-18(26(32)28-21-10-12-23(13-11-21)33-22-6-3-2-4-7-22)35-27(34)29-15-19-14-20(17-29)24-8-5-9-25(31)30(24)16-19/h2-13,18-20H,14-17H2,1H3,(H,28,32). The van der Waals surface area contributed by atoms with Crippen LogP contribution in [0, 0.1) is 5.92 Å². The molecule has 1 fully saturated rings. The van der Waals surface area contributed by atoms with Crippen LogP contribution in [0.5, 0.6) is 11.5 Å². The van der Waals surface area contributed by atoms with Gasteiger partial charge in [-0.25, -0.2) is 0 Å². The summed E-state index contributed by atoms with van der Waals surface area (Å²) in [5, 5.41) is 2.63. The fourth-order valence-corrected chi connectivity index (χ4v) is 6.15. The first-order valence-electron chi connectivity index (χ1n) is 11.8. The lowest BCUT2D eigenvalue weighted by Gasteiger charge is -2.43. The first-order chi connectivity index (χ1) is 17.0. The Labute approximate surface area is 214 Å². The molecule has 0 aliphatic carbocycles. The average Bonchev–Trinajstić information content (AvgIpc) is 2.86. The zero-order valence-electron chi connectivity index (χ0n) is 19.4. The van der Waals surface area contributed by atoms with E-state index in [1.54, 1.807) is 6.07 Å². The van der Waals surface area contributed by atoms with Crippen molar-refractivity contribution < 1.29 is 9.53 Å². The van der Waals surface area contributed by atoms with Crippen LogP contribution in [-0.4, -0.2) is 38.0 Å². The number of thioether (sulfide) groups is 1. The van der Waals surface area contributed by atoms with Crippen molar-refractivity contribution in [1.29, 1.82) is 0 Å². The van der Waals surface area contributed by atoms with Gasteiger partial charge in [-0.1, -0.05) is 48.2 Å². The number of benzene rings is 2. The van der Waals surface area contributed by atoms with E-state index < -0.39 is 0 Å². The van der Waals surface area contributed by atoms with E-state index in [9.17, 15) is 9.59 Å². The lowest BCUT2D eigenvalue weighted by atomic mass is 9.83. The molecule has 2 aliphatic rings. The Hall–Kier alpha value is -3.10. The van der Waals surface area contributed by atoms with Gasteiger partial charge < -0.3 is 19.5 Å². The summed E-state index contributed by atoms with van der Waals surface area (Å²) in [6.07, 6.45) is 1.08. The second-order valence-electron chi connectivity index (χ2n) is 9.06. The van der Waals surface area contributed by atoms with Crippen molar-refractivity contribution in [3.05, 3.63) is 88.8 Å². The molecular formula is C27H27N3O3S2. The quantitative estimate of drug-likeness (QED) is 0.487. The lowest BCUT2D eigenvalue weighted by Crippen LogP contribution is -2.48. The van der Waals surface area contributed by atoms with Gasteiger partial charge in [0.15, 0.2) is 0 Å². The van der Waals surface area contributed by atoms with E-state index in [4.69, 9.17) is 17.0 Å². The molecule has 3 heterocycles. The van der Waals surface area contributed by atoms with Gasteiger partial charge in [0.1, 0.15) is 15.8 Å². The van der Waals surface area contributed by atoms with E-state index in [0.29, 0.717) is 17.4 Å². The molecule has 1 aromatic heterocycles. The molecule has 3 aromatic rings. The fourth-order valence-electron chi connectivity index (χ4n) is 4.80. The molecule has 0 saturated carbocycles. The summed E-state index contributed by atoms with van der Waals surface area (Å²) in [4.78, 5) is 27.3. The minimum absolute atomic E-state index is 0.0764. The molecule has 6 nitrogen and oxygen atoms in total. The second-order valence-corrected chi connectivity index (χ2v) is 11.0. The Morgan fingerprint density at radius 2 is 1.74 bits per heavy atom. The van der Waals surface area contributed by atoms with Gasteiger partial charge in [0.2, 0.25) is 5.91 Å². The molecule has 0 spiro atoms. The largest absolute Gasteiger partial charge is 0.457 e. The molecule has 1 saturated heterocycles. The van der Waals surface area contributed by atoms with E-state index in [0.717, 1.165) is 41.8 Å². The van der Waals surface area contributed by atoms with Gasteiger partial charge >= 0.3 is 0 Å². The lowest BCUT2D eigenvalue weighted by molar-refractivity contribution is -0.115. The van der Waals surface area contributed by atoms with Crippen LogP contribution in [0.2, 0.25) is 0 Å². The number of likely N-dealkylation sites (tertiary alicyclic amines) is 1.